The Morgan fingerprint density at radius 1 is 0.622 bits per heavy atom. The molecule has 0 aliphatic heterocycles. The molecule has 0 heterocycles. The fourth-order valence-electron chi connectivity index (χ4n) is 3.82. The van der Waals surface area contributed by atoms with E-state index in [-0.39, 0.29) is 17.4 Å². The summed E-state index contributed by atoms with van der Waals surface area (Å²) in [5.41, 5.74) is 1.06. The van der Waals surface area contributed by atoms with Crippen LogP contribution in [0.5, 0.6) is 0 Å². The first-order valence-corrected chi connectivity index (χ1v) is 13.8. The van der Waals surface area contributed by atoms with Gasteiger partial charge in [-0.2, -0.15) is 0 Å². The average molecular weight is 546 g/mol. The molecule has 0 fully saturated rings. The molecule has 5 aromatic rings. The molecule has 0 saturated carbocycles. The minimum Gasteiger partial charge on any atom is -0.289 e. The van der Waals surface area contributed by atoms with Crippen LogP contribution in [0.4, 0.5) is 8.78 Å². The van der Waals surface area contributed by atoms with Gasteiger partial charge in [0.05, 0.1) is 15.9 Å². The van der Waals surface area contributed by atoms with Crippen molar-refractivity contribution in [2.24, 2.45) is 0 Å². The molecule has 0 aliphatic carbocycles. The minimum atomic E-state index is -0.517. The maximum atomic E-state index is 13.6. The largest absolute Gasteiger partial charge is 0.289 e. The Bertz CT molecular complexity index is 1480. The van der Waals surface area contributed by atoms with Gasteiger partial charge in [0.25, 0.3) is 0 Å². The van der Waals surface area contributed by atoms with Gasteiger partial charge in [0, 0.05) is 20.9 Å². The van der Waals surface area contributed by atoms with Crippen molar-refractivity contribution in [1.82, 2.24) is 0 Å². The Morgan fingerprint density at radius 3 is 1.62 bits per heavy atom. The second kappa shape index (κ2) is 11.3. The van der Waals surface area contributed by atoms with Gasteiger partial charge in [-0.05, 0) is 91.0 Å². The predicted octanol–water partition coefficient (Wildman–Crippen LogP) is 9.10. The lowest BCUT2D eigenvalue weighted by molar-refractivity contribution is 0.103. The second-order valence-corrected chi connectivity index (χ2v) is 11.7. The van der Waals surface area contributed by atoms with Crippen LogP contribution in [0.1, 0.15) is 15.9 Å². The lowest BCUT2D eigenvalue weighted by Gasteiger charge is -2.10. The summed E-state index contributed by atoms with van der Waals surface area (Å²) in [4.78, 5) is 17.6. The first kappa shape index (κ1) is 25.3. The molecular formula is C31H20ClF2OS2+. The number of hydrogen-bond acceptors (Lipinski definition) is 2. The molecule has 0 amide bonds. The van der Waals surface area contributed by atoms with Crippen LogP contribution >= 0.6 is 23.4 Å². The molecule has 1 nitrogen and oxygen atoms in total. The van der Waals surface area contributed by atoms with Crippen LogP contribution < -0.4 is 0 Å². The predicted molar refractivity (Wildman–Crippen MR) is 147 cm³/mol. The third-order valence-corrected chi connectivity index (χ3v) is 9.16. The van der Waals surface area contributed by atoms with Crippen molar-refractivity contribution in [2.45, 2.75) is 24.5 Å². The number of rotatable bonds is 7. The molecule has 0 bridgehead atoms. The molecule has 0 spiro atoms. The number of benzene rings is 5. The maximum absolute atomic E-state index is 13.6. The first-order valence-electron chi connectivity index (χ1n) is 11.4. The third-order valence-electron chi connectivity index (χ3n) is 5.61. The normalized spacial score (nSPS) is 11.0. The van der Waals surface area contributed by atoms with Crippen molar-refractivity contribution in [2.75, 3.05) is 0 Å². The molecule has 5 aromatic carbocycles. The molecule has 0 atom stereocenters. The molecule has 182 valence electrons. The van der Waals surface area contributed by atoms with Gasteiger partial charge in [-0.1, -0.05) is 53.7 Å². The van der Waals surface area contributed by atoms with Crippen LogP contribution in [0.2, 0.25) is 5.02 Å². The summed E-state index contributed by atoms with van der Waals surface area (Å²) in [7, 11) is -0.517. The first-order chi connectivity index (χ1) is 18.0. The van der Waals surface area contributed by atoms with E-state index in [4.69, 9.17) is 11.6 Å². The number of carbonyl (C=O) groups is 1. The fourth-order valence-corrected chi connectivity index (χ4v) is 7.05. The van der Waals surface area contributed by atoms with Gasteiger partial charge in [0.1, 0.15) is 11.6 Å². The Morgan fingerprint density at radius 2 is 1.11 bits per heavy atom. The Kier molecular flexibility index (Phi) is 7.75. The monoisotopic (exact) mass is 545 g/mol. The van der Waals surface area contributed by atoms with E-state index in [1.807, 2.05) is 48.5 Å². The van der Waals surface area contributed by atoms with Gasteiger partial charge in [0.15, 0.2) is 20.5 Å². The quantitative estimate of drug-likeness (QED) is 0.150. The zero-order valence-electron chi connectivity index (χ0n) is 19.4. The molecular weight excluding hydrogens is 526 g/mol. The summed E-state index contributed by atoms with van der Waals surface area (Å²) >= 11 is 8.02. The van der Waals surface area contributed by atoms with Crippen LogP contribution in [0.15, 0.2) is 146 Å². The van der Waals surface area contributed by atoms with Crippen LogP contribution in [-0.2, 0) is 10.9 Å². The number of hydrogen-bond donors (Lipinski definition) is 0. The van der Waals surface area contributed by atoms with Gasteiger partial charge in [0.2, 0.25) is 0 Å². The minimum absolute atomic E-state index is 0.111. The average Bonchev–Trinajstić information content (AvgIpc) is 2.92. The second-order valence-electron chi connectivity index (χ2n) is 8.12. The van der Waals surface area contributed by atoms with E-state index in [0.717, 1.165) is 24.5 Å². The molecule has 0 saturated heterocycles. The summed E-state index contributed by atoms with van der Waals surface area (Å²) in [5, 5.41) is 0.407. The molecule has 6 heteroatoms. The van der Waals surface area contributed by atoms with Gasteiger partial charge in [-0.15, -0.1) is 0 Å². The van der Waals surface area contributed by atoms with Gasteiger partial charge >= 0.3 is 0 Å². The topological polar surface area (TPSA) is 17.1 Å². The molecule has 5 rings (SSSR count). The van der Waals surface area contributed by atoms with Gasteiger partial charge < -0.3 is 0 Å². The summed E-state index contributed by atoms with van der Waals surface area (Å²) < 4.78 is 27.1. The smallest absolute Gasteiger partial charge is 0.194 e. The maximum Gasteiger partial charge on any atom is 0.194 e. The fraction of sp³-hybridized carbons (Fsp3) is 0. The zero-order valence-corrected chi connectivity index (χ0v) is 21.8. The zero-order chi connectivity index (χ0) is 25.8. The molecule has 0 aliphatic rings. The highest BCUT2D eigenvalue weighted by Gasteiger charge is 2.28. The van der Waals surface area contributed by atoms with Crippen molar-refractivity contribution in [1.29, 1.82) is 0 Å². The van der Waals surface area contributed by atoms with Crippen LogP contribution in [0, 0.1) is 11.6 Å². The van der Waals surface area contributed by atoms with Crippen molar-refractivity contribution in [3.63, 3.8) is 0 Å². The summed E-state index contributed by atoms with van der Waals surface area (Å²) in [6, 6.07) is 35.5. The van der Waals surface area contributed by atoms with E-state index in [1.54, 1.807) is 60.3 Å². The van der Waals surface area contributed by atoms with Crippen LogP contribution in [-0.4, -0.2) is 5.78 Å². The Hall–Kier alpha value is -3.38. The molecule has 0 radical (unpaired) electrons. The molecule has 0 unspecified atom stereocenters. The van der Waals surface area contributed by atoms with E-state index >= 15 is 0 Å². The summed E-state index contributed by atoms with van der Waals surface area (Å²) in [5.74, 6) is -0.707. The summed E-state index contributed by atoms with van der Waals surface area (Å²) in [6.45, 7) is 0. The lowest BCUT2D eigenvalue weighted by atomic mass is 10.0. The van der Waals surface area contributed by atoms with E-state index in [9.17, 15) is 13.6 Å². The molecule has 0 N–H and O–H groups in total. The Balaban J connectivity index is 1.38. The highest BCUT2D eigenvalue weighted by molar-refractivity contribution is 7.99. The van der Waals surface area contributed by atoms with Crippen molar-refractivity contribution >= 4 is 40.0 Å². The van der Waals surface area contributed by atoms with E-state index < -0.39 is 10.9 Å². The number of ketones is 1. The van der Waals surface area contributed by atoms with E-state index in [2.05, 4.69) is 0 Å². The Labute approximate surface area is 226 Å². The van der Waals surface area contributed by atoms with Crippen molar-refractivity contribution in [3.8, 4) is 0 Å². The summed E-state index contributed by atoms with van der Waals surface area (Å²) in [6.07, 6.45) is 0. The standard InChI is InChI=1S/C31H20ClF2OS2/c32-30-20-25(12-19-29(30)31(35)21-4-2-1-3-5-21)36-24-10-17-28(18-11-24)37(26-13-6-22(33)7-14-26)27-15-8-23(34)9-16-27/h1-20H/q+1. The highest BCUT2D eigenvalue weighted by atomic mass is 35.5. The highest BCUT2D eigenvalue weighted by Crippen LogP contribution is 2.35. The third kappa shape index (κ3) is 5.96. The van der Waals surface area contributed by atoms with Gasteiger partial charge in [-0.3, -0.25) is 4.79 Å². The van der Waals surface area contributed by atoms with Gasteiger partial charge in [-0.25, -0.2) is 8.78 Å². The van der Waals surface area contributed by atoms with Crippen LogP contribution in [0.25, 0.3) is 0 Å². The van der Waals surface area contributed by atoms with E-state index in [0.29, 0.717) is 16.1 Å². The van der Waals surface area contributed by atoms with Crippen molar-refractivity contribution < 1.29 is 13.6 Å². The number of halogens is 3. The van der Waals surface area contributed by atoms with Crippen LogP contribution in [0.3, 0.4) is 0 Å². The SMILES string of the molecule is O=C(c1ccccc1)c1ccc(Sc2ccc([S+](c3ccc(F)cc3)c3ccc(F)cc3)cc2)cc1Cl. The lowest BCUT2D eigenvalue weighted by Crippen LogP contribution is -2.05. The number of carbonyl (C=O) groups excluding carboxylic acids is 1. The molecule has 0 aromatic heterocycles. The van der Waals surface area contributed by atoms with Crippen molar-refractivity contribution in [3.05, 3.63) is 149 Å². The molecule has 37 heavy (non-hydrogen) atoms. The van der Waals surface area contributed by atoms with E-state index in [1.165, 1.54) is 24.3 Å².